The summed E-state index contributed by atoms with van der Waals surface area (Å²) < 4.78 is 0. The number of hydrogen-bond donors (Lipinski definition) is 1. The fraction of sp³-hybridized carbons (Fsp3) is 0.636. The summed E-state index contributed by atoms with van der Waals surface area (Å²) in [6.45, 7) is 6.13. The summed E-state index contributed by atoms with van der Waals surface area (Å²) in [6, 6.07) is 0.522. The fourth-order valence-electron chi connectivity index (χ4n) is 1.88. The molecule has 0 amide bonds. The quantitative estimate of drug-likeness (QED) is 0.841. The van der Waals surface area contributed by atoms with Gasteiger partial charge in [0.2, 0.25) is 0 Å². The first-order valence-electron chi connectivity index (χ1n) is 5.33. The molecule has 0 atom stereocenters. The van der Waals surface area contributed by atoms with Crippen molar-refractivity contribution in [2.45, 2.75) is 39.7 Å². The number of nitrogens with one attached hydrogen (secondary N) is 1. The van der Waals surface area contributed by atoms with Crippen molar-refractivity contribution in [1.82, 2.24) is 9.97 Å². The van der Waals surface area contributed by atoms with Crippen LogP contribution in [-0.2, 0) is 0 Å². The summed E-state index contributed by atoms with van der Waals surface area (Å²) in [4.78, 5) is 8.66. The van der Waals surface area contributed by atoms with Gasteiger partial charge in [-0.25, -0.2) is 9.97 Å². The number of rotatable bonds is 2. The molecule has 1 saturated carbocycles. The standard InChI is InChI=1S/C11H16ClN3/c1-6-4-9(5-6)15-11-10(12)13-7(2)8(3)14-11/h6,9H,4-5H2,1-3H3,(H,14,15). The molecule has 4 heteroatoms. The molecule has 1 N–H and O–H groups in total. The Hall–Kier alpha value is -0.830. The SMILES string of the molecule is Cc1nc(Cl)c(NC2CC(C)C2)nc1C. The van der Waals surface area contributed by atoms with Gasteiger partial charge in [0, 0.05) is 6.04 Å². The molecule has 0 bridgehead atoms. The van der Waals surface area contributed by atoms with Gasteiger partial charge in [0.05, 0.1) is 11.4 Å². The van der Waals surface area contributed by atoms with Crippen molar-refractivity contribution in [2.75, 3.05) is 5.32 Å². The van der Waals surface area contributed by atoms with Crippen molar-refractivity contribution in [3.8, 4) is 0 Å². The molecule has 0 unspecified atom stereocenters. The lowest BCUT2D eigenvalue weighted by Crippen LogP contribution is -2.34. The van der Waals surface area contributed by atoms with Crippen LogP contribution >= 0.6 is 11.6 Å². The highest BCUT2D eigenvalue weighted by molar-refractivity contribution is 6.31. The van der Waals surface area contributed by atoms with Crippen LogP contribution in [0.5, 0.6) is 0 Å². The molecule has 1 heterocycles. The topological polar surface area (TPSA) is 37.8 Å². The Balaban J connectivity index is 2.11. The molecule has 2 rings (SSSR count). The van der Waals surface area contributed by atoms with Crippen LogP contribution in [0, 0.1) is 19.8 Å². The molecular weight excluding hydrogens is 210 g/mol. The van der Waals surface area contributed by atoms with Gasteiger partial charge in [-0.15, -0.1) is 0 Å². The van der Waals surface area contributed by atoms with Crippen molar-refractivity contribution >= 4 is 17.4 Å². The number of nitrogens with zero attached hydrogens (tertiary/aromatic N) is 2. The number of anilines is 1. The largest absolute Gasteiger partial charge is 0.365 e. The van der Waals surface area contributed by atoms with Crippen molar-refractivity contribution in [3.63, 3.8) is 0 Å². The summed E-state index contributed by atoms with van der Waals surface area (Å²) >= 11 is 6.03. The molecule has 1 aromatic rings. The van der Waals surface area contributed by atoms with Gasteiger partial charge in [0.1, 0.15) is 0 Å². The lowest BCUT2D eigenvalue weighted by Gasteiger charge is -2.33. The molecule has 1 fully saturated rings. The van der Waals surface area contributed by atoms with Gasteiger partial charge in [-0.1, -0.05) is 18.5 Å². The van der Waals surface area contributed by atoms with Crippen LogP contribution in [0.2, 0.25) is 5.15 Å². The molecular formula is C11H16ClN3. The number of aromatic nitrogens is 2. The molecule has 1 aliphatic carbocycles. The van der Waals surface area contributed by atoms with Gasteiger partial charge in [-0.05, 0) is 32.6 Å². The highest BCUT2D eigenvalue weighted by Gasteiger charge is 2.26. The van der Waals surface area contributed by atoms with E-state index >= 15 is 0 Å². The van der Waals surface area contributed by atoms with Gasteiger partial charge in [0.25, 0.3) is 0 Å². The Morgan fingerprint density at radius 2 is 1.80 bits per heavy atom. The van der Waals surface area contributed by atoms with E-state index in [9.17, 15) is 0 Å². The van der Waals surface area contributed by atoms with Gasteiger partial charge in [-0.3, -0.25) is 0 Å². The Morgan fingerprint density at radius 1 is 1.20 bits per heavy atom. The molecule has 0 aliphatic heterocycles. The molecule has 1 aliphatic rings. The van der Waals surface area contributed by atoms with E-state index in [1.807, 2.05) is 13.8 Å². The van der Waals surface area contributed by atoms with E-state index in [0.29, 0.717) is 11.2 Å². The van der Waals surface area contributed by atoms with E-state index in [0.717, 1.165) is 23.1 Å². The number of halogens is 1. The molecule has 0 radical (unpaired) electrons. The van der Waals surface area contributed by atoms with Crippen molar-refractivity contribution < 1.29 is 0 Å². The third-order valence-electron chi connectivity index (χ3n) is 2.98. The van der Waals surface area contributed by atoms with E-state index in [4.69, 9.17) is 11.6 Å². The van der Waals surface area contributed by atoms with E-state index in [2.05, 4.69) is 22.2 Å². The monoisotopic (exact) mass is 225 g/mol. The molecule has 0 aromatic carbocycles. The zero-order valence-corrected chi connectivity index (χ0v) is 10.1. The minimum absolute atomic E-state index is 0.484. The summed E-state index contributed by atoms with van der Waals surface area (Å²) in [5.74, 6) is 1.55. The zero-order chi connectivity index (χ0) is 11.0. The molecule has 82 valence electrons. The van der Waals surface area contributed by atoms with Crippen LogP contribution in [0.3, 0.4) is 0 Å². The highest BCUT2D eigenvalue weighted by Crippen LogP contribution is 2.30. The summed E-state index contributed by atoms with van der Waals surface area (Å²) in [6.07, 6.45) is 2.40. The Kier molecular flexibility index (Phi) is 2.83. The molecule has 0 spiro atoms. The average Bonchev–Trinajstić information content (AvgIpc) is 2.11. The van der Waals surface area contributed by atoms with Crippen LogP contribution in [0.15, 0.2) is 0 Å². The summed E-state index contributed by atoms with van der Waals surface area (Å²) in [5, 5.41) is 3.82. The van der Waals surface area contributed by atoms with Crippen molar-refractivity contribution in [3.05, 3.63) is 16.5 Å². The number of aryl methyl sites for hydroxylation is 2. The van der Waals surface area contributed by atoms with Crippen LogP contribution in [0.4, 0.5) is 5.82 Å². The van der Waals surface area contributed by atoms with Gasteiger partial charge in [-0.2, -0.15) is 0 Å². The second kappa shape index (κ2) is 3.97. The van der Waals surface area contributed by atoms with Gasteiger partial charge < -0.3 is 5.32 Å². The Morgan fingerprint density at radius 3 is 2.40 bits per heavy atom. The summed E-state index contributed by atoms with van der Waals surface area (Å²) in [5.41, 5.74) is 1.83. The highest BCUT2D eigenvalue weighted by atomic mass is 35.5. The Labute approximate surface area is 95.3 Å². The lowest BCUT2D eigenvalue weighted by molar-refractivity contribution is 0.308. The third-order valence-corrected chi connectivity index (χ3v) is 3.24. The van der Waals surface area contributed by atoms with Crippen LogP contribution in [-0.4, -0.2) is 16.0 Å². The van der Waals surface area contributed by atoms with E-state index in [1.54, 1.807) is 0 Å². The smallest absolute Gasteiger partial charge is 0.171 e. The number of hydrogen-bond acceptors (Lipinski definition) is 3. The van der Waals surface area contributed by atoms with Crippen LogP contribution in [0.1, 0.15) is 31.2 Å². The maximum absolute atomic E-state index is 6.03. The molecule has 0 saturated heterocycles. The predicted octanol–water partition coefficient (Wildman–Crippen LogP) is 2.96. The van der Waals surface area contributed by atoms with Crippen molar-refractivity contribution in [2.24, 2.45) is 5.92 Å². The zero-order valence-electron chi connectivity index (χ0n) is 9.34. The lowest BCUT2D eigenvalue weighted by atomic mass is 9.82. The summed E-state index contributed by atoms with van der Waals surface area (Å²) in [7, 11) is 0. The first-order chi connectivity index (χ1) is 7.06. The molecule has 1 aromatic heterocycles. The fourth-order valence-corrected chi connectivity index (χ4v) is 2.10. The minimum Gasteiger partial charge on any atom is -0.365 e. The Bertz CT molecular complexity index is 372. The predicted molar refractivity (Wildman–Crippen MR) is 62.3 cm³/mol. The molecule has 3 nitrogen and oxygen atoms in total. The maximum atomic E-state index is 6.03. The van der Waals surface area contributed by atoms with E-state index in [-0.39, 0.29) is 0 Å². The van der Waals surface area contributed by atoms with E-state index in [1.165, 1.54) is 12.8 Å². The van der Waals surface area contributed by atoms with Gasteiger partial charge in [0.15, 0.2) is 11.0 Å². The van der Waals surface area contributed by atoms with Crippen LogP contribution < -0.4 is 5.32 Å². The third kappa shape index (κ3) is 2.23. The normalized spacial score (nSPS) is 24.8. The van der Waals surface area contributed by atoms with E-state index < -0.39 is 0 Å². The maximum Gasteiger partial charge on any atom is 0.171 e. The second-order valence-corrected chi connectivity index (χ2v) is 4.81. The van der Waals surface area contributed by atoms with Crippen molar-refractivity contribution in [1.29, 1.82) is 0 Å². The van der Waals surface area contributed by atoms with Gasteiger partial charge >= 0.3 is 0 Å². The molecule has 15 heavy (non-hydrogen) atoms. The first-order valence-corrected chi connectivity index (χ1v) is 5.71. The minimum atomic E-state index is 0.484. The van der Waals surface area contributed by atoms with Crippen LogP contribution in [0.25, 0.3) is 0 Å². The first kappa shape index (κ1) is 10.7. The average molecular weight is 226 g/mol. The second-order valence-electron chi connectivity index (χ2n) is 4.45.